The highest BCUT2D eigenvalue weighted by Crippen LogP contribution is 2.34. The first-order valence-corrected chi connectivity index (χ1v) is 9.09. The smallest absolute Gasteiger partial charge is 0.143 e. The number of anilines is 2. The molecular formula is C21H17BrFN3. The van der Waals surface area contributed by atoms with E-state index >= 15 is 0 Å². The Morgan fingerprint density at radius 2 is 1.77 bits per heavy atom. The van der Waals surface area contributed by atoms with Crippen LogP contribution >= 0.6 is 15.9 Å². The summed E-state index contributed by atoms with van der Waals surface area (Å²) in [6.45, 7) is 4.06. The molecule has 4 aromatic rings. The molecule has 0 unspecified atom stereocenters. The van der Waals surface area contributed by atoms with Gasteiger partial charge in [-0.1, -0.05) is 39.7 Å². The van der Waals surface area contributed by atoms with Crippen LogP contribution < -0.4 is 5.32 Å². The van der Waals surface area contributed by atoms with Crippen LogP contribution in [0.5, 0.6) is 0 Å². The topological polar surface area (TPSA) is 29.3 Å². The second kappa shape index (κ2) is 6.57. The number of halogens is 2. The summed E-state index contributed by atoms with van der Waals surface area (Å²) in [6, 6.07) is 18.9. The highest BCUT2D eigenvalue weighted by Gasteiger charge is 2.18. The van der Waals surface area contributed by atoms with Crippen molar-refractivity contribution in [3.05, 3.63) is 82.2 Å². The average molecular weight is 410 g/mol. The van der Waals surface area contributed by atoms with Crippen LogP contribution in [0.15, 0.2) is 65.1 Å². The first-order chi connectivity index (χ1) is 12.5. The predicted molar refractivity (Wildman–Crippen MR) is 107 cm³/mol. The number of imidazole rings is 1. The summed E-state index contributed by atoms with van der Waals surface area (Å²) in [6.07, 6.45) is 0. The van der Waals surface area contributed by atoms with E-state index < -0.39 is 0 Å². The fourth-order valence-electron chi connectivity index (χ4n) is 3.01. The van der Waals surface area contributed by atoms with E-state index in [1.165, 1.54) is 11.6 Å². The number of aromatic nitrogens is 2. The third-order valence-electron chi connectivity index (χ3n) is 4.34. The number of hydrogen-bond acceptors (Lipinski definition) is 2. The van der Waals surface area contributed by atoms with Crippen LogP contribution in [0.3, 0.4) is 0 Å². The number of pyridine rings is 1. The Bertz CT molecular complexity index is 1100. The van der Waals surface area contributed by atoms with Crippen molar-refractivity contribution < 1.29 is 4.39 Å². The van der Waals surface area contributed by atoms with E-state index in [4.69, 9.17) is 4.98 Å². The van der Waals surface area contributed by atoms with Crippen molar-refractivity contribution in [3.8, 4) is 11.3 Å². The third kappa shape index (κ3) is 2.99. The SMILES string of the molecule is Cc1ccc(Nc2c(-c3cc(Br)ccc3F)nc3cccc(C)n23)cc1. The zero-order valence-corrected chi connectivity index (χ0v) is 16.0. The lowest BCUT2D eigenvalue weighted by atomic mass is 10.1. The molecule has 0 aliphatic heterocycles. The quantitative estimate of drug-likeness (QED) is 0.432. The summed E-state index contributed by atoms with van der Waals surface area (Å²) >= 11 is 3.43. The molecule has 0 spiro atoms. The number of rotatable bonds is 3. The fraction of sp³-hybridized carbons (Fsp3) is 0.0952. The minimum absolute atomic E-state index is 0.304. The van der Waals surface area contributed by atoms with E-state index in [9.17, 15) is 4.39 Å². The van der Waals surface area contributed by atoms with E-state index in [2.05, 4.69) is 21.2 Å². The molecule has 0 radical (unpaired) electrons. The number of benzene rings is 2. The van der Waals surface area contributed by atoms with Gasteiger partial charge in [0.05, 0.1) is 0 Å². The van der Waals surface area contributed by atoms with Crippen molar-refractivity contribution in [1.82, 2.24) is 9.38 Å². The summed E-state index contributed by atoms with van der Waals surface area (Å²) in [5, 5.41) is 3.43. The fourth-order valence-corrected chi connectivity index (χ4v) is 3.37. The molecule has 1 N–H and O–H groups in total. The average Bonchev–Trinajstić information content (AvgIpc) is 2.99. The second-order valence-corrected chi connectivity index (χ2v) is 7.20. The van der Waals surface area contributed by atoms with Crippen molar-refractivity contribution >= 4 is 33.1 Å². The highest BCUT2D eigenvalue weighted by molar-refractivity contribution is 9.10. The Hall–Kier alpha value is -2.66. The van der Waals surface area contributed by atoms with Gasteiger partial charge in [-0.2, -0.15) is 0 Å². The van der Waals surface area contributed by atoms with E-state index in [0.29, 0.717) is 11.3 Å². The van der Waals surface area contributed by atoms with Gasteiger partial charge < -0.3 is 5.32 Å². The van der Waals surface area contributed by atoms with Crippen LogP contribution in [0.1, 0.15) is 11.3 Å². The maximum atomic E-state index is 14.6. The first kappa shape index (κ1) is 16.8. The predicted octanol–water partition coefficient (Wildman–Crippen LogP) is 6.26. The van der Waals surface area contributed by atoms with Crippen molar-refractivity contribution in [2.45, 2.75) is 13.8 Å². The minimum Gasteiger partial charge on any atom is -0.339 e. The zero-order valence-electron chi connectivity index (χ0n) is 14.4. The molecule has 0 amide bonds. The second-order valence-electron chi connectivity index (χ2n) is 6.28. The lowest BCUT2D eigenvalue weighted by Gasteiger charge is -2.11. The molecule has 0 atom stereocenters. The summed E-state index contributed by atoms with van der Waals surface area (Å²) < 4.78 is 17.4. The number of aryl methyl sites for hydroxylation is 2. The Balaban J connectivity index is 1.96. The molecule has 0 aliphatic rings. The molecule has 26 heavy (non-hydrogen) atoms. The Morgan fingerprint density at radius 1 is 1.00 bits per heavy atom. The lowest BCUT2D eigenvalue weighted by molar-refractivity contribution is 0.630. The Morgan fingerprint density at radius 3 is 2.54 bits per heavy atom. The Labute approximate surface area is 159 Å². The van der Waals surface area contributed by atoms with Crippen LogP contribution in [0, 0.1) is 19.7 Å². The minimum atomic E-state index is -0.304. The molecule has 130 valence electrons. The third-order valence-corrected chi connectivity index (χ3v) is 4.83. The Kier molecular flexibility index (Phi) is 4.24. The first-order valence-electron chi connectivity index (χ1n) is 8.30. The monoisotopic (exact) mass is 409 g/mol. The lowest BCUT2D eigenvalue weighted by Crippen LogP contribution is -2.00. The van der Waals surface area contributed by atoms with Gasteiger partial charge >= 0.3 is 0 Å². The van der Waals surface area contributed by atoms with E-state index in [1.807, 2.05) is 60.7 Å². The van der Waals surface area contributed by atoms with Crippen LogP contribution in [0.4, 0.5) is 15.9 Å². The van der Waals surface area contributed by atoms with Crippen LogP contribution in [0.25, 0.3) is 16.9 Å². The number of nitrogens with one attached hydrogen (secondary N) is 1. The van der Waals surface area contributed by atoms with E-state index in [0.717, 1.165) is 27.3 Å². The van der Waals surface area contributed by atoms with Crippen LogP contribution in [-0.4, -0.2) is 9.38 Å². The molecular weight excluding hydrogens is 393 g/mol. The van der Waals surface area contributed by atoms with Gasteiger partial charge in [-0.15, -0.1) is 0 Å². The molecule has 2 heterocycles. The molecule has 0 aliphatic carbocycles. The molecule has 2 aromatic carbocycles. The van der Waals surface area contributed by atoms with Gasteiger partial charge in [0.2, 0.25) is 0 Å². The summed E-state index contributed by atoms with van der Waals surface area (Å²) in [5.74, 6) is 0.445. The van der Waals surface area contributed by atoms with Gasteiger partial charge in [0.15, 0.2) is 0 Å². The van der Waals surface area contributed by atoms with Gasteiger partial charge in [-0.05, 0) is 56.3 Å². The molecule has 5 heteroatoms. The standard InChI is InChI=1S/C21H17BrFN3/c1-13-6-9-16(10-7-13)24-21-20(17-12-15(22)8-11-18(17)23)25-19-5-3-4-14(2)26(19)21/h3-12,24H,1-2H3. The largest absolute Gasteiger partial charge is 0.339 e. The van der Waals surface area contributed by atoms with Crippen molar-refractivity contribution in [3.63, 3.8) is 0 Å². The molecule has 3 nitrogen and oxygen atoms in total. The summed E-state index contributed by atoms with van der Waals surface area (Å²) in [7, 11) is 0. The molecule has 0 saturated heterocycles. The highest BCUT2D eigenvalue weighted by atomic mass is 79.9. The van der Waals surface area contributed by atoms with Crippen LogP contribution in [0.2, 0.25) is 0 Å². The van der Waals surface area contributed by atoms with E-state index in [-0.39, 0.29) is 5.82 Å². The normalized spacial score (nSPS) is 11.1. The summed E-state index contributed by atoms with van der Waals surface area (Å²) in [5.41, 5.74) is 4.94. The van der Waals surface area contributed by atoms with Crippen molar-refractivity contribution in [1.29, 1.82) is 0 Å². The van der Waals surface area contributed by atoms with Gasteiger partial charge in [0.25, 0.3) is 0 Å². The molecule has 0 saturated carbocycles. The zero-order chi connectivity index (χ0) is 18.3. The van der Waals surface area contributed by atoms with Gasteiger partial charge in [-0.25, -0.2) is 9.37 Å². The number of nitrogens with zero attached hydrogens (tertiary/aromatic N) is 2. The molecule has 4 rings (SSSR count). The maximum Gasteiger partial charge on any atom is 0.143 e. The molecule has 0 bridgehead atoms. The van der Waals surface area contributed by atoms with Crippen LogP contribution in [-0.2, 0) is 0 Å². The summed E-state index contributed by atoms with van der Waals surface area (Å²) in [4.78, 5) is 4.70. The maximum absolute atomic E-state index is 14.6. The molecule has 2 aromatic heterocycles. The van der Waals surface area contributed by atoms with Gasteiger partial charge in [0, 0.05) is 21.4 Å². The number of hydrogen-bond donors (Lipinski definition) is 1. The number of fused-ring (bicyclic) bond motifs is 1. The van der Waals surface area contributed by atoms with Gasteiger partial charge in [0.1, 0.15) is 23.0 Å². The van der Waals surface area contributed by atoms with Crippen molar-refractivity contribution in [2.75, 3.05) is 5.32 Å². The van der Waals surface area contributed by atoms with Crippen molar-refractivity contribution in [2.24, 2.45) is 0 Å². The van der Waals surface area contributed by atoms with E-state index in [1.54, 1.807) is 12.1 Å². The van der Waals surface area contributed by atoms with Gasteiger partial charge in [-0.3, -0.25) is 4.40 Å². The molecule has 0 fully saturated rings.